The molecule has 0 amide bonds. The molecule has 1 saturated carbocycles. The van der Waals surface area contributed by atoms with Crippen LogP contribution in [0.2, 0.25) is 0 Å². The highest BCUT2D eigenvalue weighted by molar-refractivity contribution is 5.85. The number of ether oxygens (including phenoxy) is 2. The summed E-state index contributed by atoms with van der Waals surface area (Å²) in [6, 6.07) is 7.04. The topological polar surface area (TPSA) is 148 Å². The first-order valence-corrected chi connectivity index (χ1v) is 6.93. The molecule has 0 heterocycles. The average molecular weight is 324 g/mol. The van der Waals surface area contributed by atoms with E-state index in [9.17, 15) is 30.6 Å². The molecule has 3 aliphatic carbocycles. The number of nitrogens with zero attached hydrogens (tertiary/aromatic N) is 4. The van der Waals surface area contributed by atoms with E-state index in [4.69, 9.17) is 9.47 Å². The Hall–Kier alpha value is -3.36. The maximum absolute atomic E-state index is 12.2. The van der Waals surface area contributed by atoms with Crippen LogP contribution >= 0.6 is 0 Å². The van der Waals surface area contributed by atoms with Crippen LogP contribution in [-0.4, -0.2) is 26.2 Å². The number of carbonyl (C=O) groups is 2. The largest absolute Gasteiger partial charge is 0.469 e. The minimum Gasteiger partial charge on any atom is -0.469 e. The number of fused-ring (bicyclic) bond motifs is 2. The van der Waals surface area contributed by atoms with E-state index < -0.39 is 46.4 Å². The molecule has 0 aliphatic heterocycles. The van der Waals surface area contributed by atoms with Crippen LogP contribution in [0.3, 0.4) is 0 Å². The van der Waals surface area contributed by atoms with E-state index in [-0.39, 0.29) is 0 Å². The van der Waals surface area contributed by atoms with Crippen LogP contribution < -0.4 is 0 Å². The summed E-state index contributed by atoms with van der Waals surface area (Å²) in [4.78, 5) is 24.5. The zero-order valence-corrected chi connectivity index (χ0v) is 12.9. The molecule has 2 bridgehead atoms. The molecule has 0 N–H and O–H groups in total. The lowest BCUT2D eigenvalue weighted by atomic mass is 9.41. The van der Waals surface area contributed by atoms with Crippen molar-refractivity contribution in [3.8, 4) is 24.3 Å². The number of methoxy groups -OCH3 is 2. The Morgan fingerprint density at radius 1 is 0.792 bits per heavy atom. The van der Waals surface area contributed by atoms with Gasteiger partial charge >= 0.3 is 11.9 Å². The molecule has 1 fully saturated rings. The van der Waals surface area contributed by atoms with Crippen LogP contribution in [-0.2, 0) is 19.1 Å². The fourth-order valence-corrected chi connectivity index (χ4v) is 3.84. The van der Waals surface area contributed by atoms with Crippen molar-refractivity contribution in [3.05, 3.63) is 12.2 Å². The zero-order chi connectivity index (χ0) is 18.1. The molecule has 0 saturated heterocycles. The molecule has 0 aromatic carbocycles. The standard InChI is InChI=1S/C16H12N4O4/c1-23-13(21)11-9-3-4-10(12(11)14(22)24-2)16(7-19,8-20)15(9,5-17)6-18/h3-4,9-12H,1-2H3/t9-,10+,11-,12+. The van der Waals surface area contributed by atoms with Crippen LogP contribution in [0.5, 0.6) is 0 Å². The summed E-state index contributed by atoms with van der Waals surface area (Å²) < 4.78 is 9.44. The van der Waals surface area contributed by atoms with Gasteiger partial charge in [0.2, 0.25) is 0 Å². The first-order chi connectivity index (χ1) is 11.4. The average Bonchev–Trinajstić information content (AvgIpc) is 2.65. The summed E-state index contributed by atoms with van der Waals surface area (Å²) in [6.07, 6.45) is 2.87. The summed E-state index contributed by atoms with van der Waals surface area (Å²) in [7, 11) is 2.23. The smallest absolute Gasteiger partial charge is 0.310 e. The lowest BCUT2D eigenvalue weighted by Gasteiger charge is -2.53. The van der Waals surface area contributed by atoms with E-state index in [1.165, 1.54) is 12.2 Å². The molecule has 3 rings (SSSR count). The van der Waals surface area contributed by atoms with Crippen molar-refractivity contribution >= 4 is 11.9 Å². The minimum atomic E-state index is -2.10. The van der Waals surface area contributed by atoms with Gasteiger partial charge in [-0.2, -0.15) is 21.0 Å². The van der Waals surface area contributed by atoms with Gasteiger partial charge in [0.15, 0.2) is 10.8 Å². The molecule has 24 heavy (non-hydrogen) atoms. The van der Waals surface area contributed by atoms with Crippen LogP contribution in [0, 0.1) is 79.8 Å². The summed E-state index contributed by atoms with van der Waals surface area (Å²) in [5.41, 5.74) is -4.20. The summed E-state index contributed by atoms with van der Waals surface area (Å²) in [6.45, 7) is 0. The molecule has 0 aromatic heterocycles. The molecule has 8 heteroatoms. The number of allylic oxidation sites excluding steroid dienone is 2. The van der Waals surface area contributed by atoms with E-state index in [1.807, 2.05) is 0 Å². The predicted octanol–water partition coefficient (Wildman–Crippen LogP) is 0.448. The number of rotatable bonds is 2. The number of hydrogen-bond donors (Lipinski definition) is 0. The monoisotopic (exact) mass is 324 g/mol. The number of hydrogen-bond acceptors (Lipinski definition) is 8. The Kier molecular flexibility index (Phi) is 4.03. The van der Waals surface area contributed by atoms with Gasteiger partial charge in [0, 0.05) is 11.8 Å². The Morgan fingerprint density at radius 2 is 1.08 bits per heavy atom. The molecule has 0 radical (unpaired) electrons. The van der Waals surface area contributed by atoms with Gasteiger partial charge in [-0.3, -0.25) is 9.59 Å². The van der Waals surface area contributed by atoms with Crippen molar-refractivity contribution in [2.75, 3.05) is 14.2 Å². The van der Waals surface area contributed by atoms with Crippen LogP contribution in [0.1, 0.15) is 0 Å². The van der Waals surface area contributed by atoms with Gasteiger partial charge < -0.3 is 9.47 Å². The lowest BCUT2D eigenvalue weighted by molar-refractivity contribution is -0.171. The van der Waals surface area contributed by atoms with Crippen molar-refractivity contribution in [3.63, 3.8) is 0 Å². The third-order valence-corrected chi connectivity index (χ3v) is 4.96. The third-order valence-electron chi connectivity index (χ3n) is 4.96. The van der Waals surface area contributed by atoms with E-state index in [0.29, 0.717) is 0 Å². The third kappa shape index (κ3) is 1.69. The van der Waals surface area contributed by atoms with Gasteiger partial charge in [-0.25, -0.2) is 0 Å². The quantitative estimate of drug-likeness (QED) is 0.525. The van der Waals surface area contributed by atoms with Gasteiger partial charge in [0.25, 0.3) is 0 Å². The summed E-state index contributed by atoms with van der Waals surface area (Å²) in [5.74, 6) is -6.27. The summed E-state index contributed by atoms with van der Waals surface area (Å²) in [5, 5.41) is 38.6. The Bertz CT molecular complexity index is 695. The van der Waals surface area contributed by atoms with Crippen molar-refractivity contribution in [1.82, 2.24) is 0 Å². The number of nitriles is 4. The van der Waals surface area contributed by atoms with E-state index in [0.717, 1.165) is 14.2 Å². The van der Waals surface area contributed by atoms with E-state index in [1.54, 1.807) is 24.3 Å². The number of esters is 2. The molecule has 3 aliphatic rings. The molecule has 0 aromatic rings. The highest BCUT2D eigenvalue weighted by Gasteiger charge is 2.74. The van der Waals surface area contributed by atoms with Crippen LogP contribution in [0.4, 0.5) is 0 Å². The highest BCUT2D eigenvalue weighted by atomic mass is 16.5. The Morgan fingerprint density at radius 3 is 1.29 bits per heavy atom. The fourth-order valence-electron chi connectivity index (χ4n) is 3.84. The van der Waals surface area contributed by atoms with Crippen LogP contribution in [0.25, 0.3) is 0 Å². The van der Waals surface area contributed by atoms with Crippen molar-refractivity contribution < 1.29 is 19.1 Å². The molecule has 120 valence electrons. The van der Waals surface area contributed by atoms with Crippen molar-refractivity contribution in [2.24, 2.45) is 34.5 Å². The van der Waals surface area contributed by atoms with Gasteiger partial charge in [-0.1, -0.05) is 12.2 Å². The van der Waals surface area contributed by atoms with Gasteiger partial charge in [-0.15, -0.1) is 0 Å². The first kappa shape index (κ1) is 17.0. The normalized spacial score (nSPS) is 30.8. The van der Waals surface area contributed by atoms with Crippen LogP contribution in [0.15, 0.2) is 12.2 Å². The minimum absolute atomic E-state index is 0.802. The lowest BCUT2D eigenvalue weighted by Crippen LogP contribution is -2.63. The summed E-state index contributed by atoms with van der Waals surface area (Å²) >= 11 is 0. The molecule has 0 unspecified atom stereocenters. The maximum atomic E-state index is 12.2. The second-order valence-electron chi connectivity index (χ2n) is 5.60. The molecule has 8 nitrogen and oxygen atoms in total. The Labute approximate surface area is 138 Å². The molecule has 0 spiro atoms. The van der Waals surface area contributed by atoms with Crippen molar-refractivity contribution in [2.45, 2.75) is 0 Å². The van der Waals surface area contributed by atoms with E-state index in [2.05, 4.69) is 0 Å². The van der Waals surface area contributed by atoms with Gasteiger partial charge in [0.05, 0.1) is 50.3 Å². The zero-order valence-electron chi connectivity index (χ0n) is 12.9. The van der Waals surface area contributed by atoms with Gasteiger partial charge in [0.1, 0.15) is 0 Å². The fraction of sp³-hybridized carbons (Fsp3) is 0.500. The SMILES string of the molecule is COC(=O)[C@@H]1[C@H](C(=O)OC)[C@H]2C=C[C@@H]1C(C#N)(C#N)C2(C#N)C#N. The van der Waals surface area contributed by atoms with Gasteiger partial charge in [-0.05, 0) is 0 Å². The Balaban J connectivity index is 2.83. The first-order valence-electron chi connectivity index (χ1n) is 6.93. The molecular weight excluding hydrogens is 312 g/mol. The maximum Gasteiger partial charge on any atom is 0.310 e. The van der Waals surface area contributed by atoms with Crippen molar-refractivity contribution in [1.29, 1.82) is 21.0 Å². The molecular formula is C16H12N4O4. The predicted molar refractivity (Wildman–Crippen MR) is 74.5 cm³/mol. The second-order valence-corrected chi connectivity index (χ2v) is 5.60. The second kappa shape index (κ2) is 5.69. The highest BCUT2D eigenvalue weighted by Crippen LogP contribution is 2.64. The van der Waals surface area contributed by atoms with E-state index >= 15 is 0 Å². The molecule has 4 atom stereocenters. The number of carbonyl (C=O) groups excluding carboxylic acids is 2.